The van der Waals surface area contributed by atoms with Crippen LogP contribution in [-0.2, 0) is 11.4 Å². The minimum absolute atomic E-state index is 0.0574. The zero-order valence-electron chi connectivity index (χ0n) is 15.8. The van der Waals surface area contributed by atoms with E-state index in [1.807, 2.05) is 0 Å². The molecule has 8 heteroatoms. The minimum atomic E-state index is -4.44. The maximum absolute atomic E-state index is 13.3. The van der Waals surface area contributed by atoms with Gasteiger partial charge >= 0.3 is 6.18 Å². The SMILES string of the molecule is O=C(COc1ccc(CO)cc1)N1CCC(NC2=CCC=CC=C2C(F)(F)F)C1. The fourth-order valence-corrected chi connectivity index (χ4v) is 3.26. The van der Waals surface area contributed by atoms with Crippen LogP contribution in [0.5, 0.6) is 5.75 Å². The maximum atomic E-state index is 13.3. The number of nitrogens with zero attached hydrogens (tertiary/aromatic N) is 1. The lowest BCUT2D eigenvalue weighted by atomic mass is 10.1. The summed E-state index contributed by atoms with van der Waals surface area (Å²) in [6.07, 6.45) is 2.19. The van der Waals surface area contributed by atoms with Gasteiger partial charge in [-0.25, -0.2) is 0 Å². The molecule has 0 saturated carbocycles. The highest BCUT2D eigenvalue weighted by atomic mass is 19.4. The number of halogens is 3. The summed E-state index contributed by atoms with van der Waals surface area (Å²) in [4.78, 5) is 14.0. The van der Waals surface area contributed by atoms with Crippen LogP contribution in [0.4, 0.5) is 13.2 Å². The van der Waals surface area contributed by atoms with Crippen molar-refractivity contribution >= 4 is 5.91 Å². The zero-order chi connectivity index (χ0) is 20.9. The van der Waals surface area contributed by atoms with E-state index in [2.05, 4.69) is 5.32 Å². The molecular weight excluding hydrogens is 385 g/mol. The summed E-state index contributed by atoms with van der Waals surface area (Å²) >= 11 is 0. The Labute approximate surface area is 167 Å². The summed E-state index contributed by atoms with van der Waals surface area (Å²) in [6, 6.07) is 6.50. The number of rotatable bonds is 6. The zero-order valence-corrected chi connectivity index (χ0v) is 15.8. The molecule has 1 unspecified atom stereocenters. The number of ether oxygens (including phenoxy) is 1. The van der Waals surface area contributed by atoms with Crippen molar-refractivity contribution in [2.75, 3.05) is 19.7 Å². The lowest BCUT2D eigenvalue weighted by Crippen LogP contribution is -2.38. The van der Waals surface area contributed by atoms with E-state index in [1.165, 1.54) is 12.2 Å². The Balaban J connectivity index is 1.52. The van der Waals surface area contributed by atoms with Gasteiger partial charge in [0.05, 0.1) is 12.2 Å². The van der Waals surface area contributed by atoms with Gasteiger partial charge in [0.15, 0.2) is 6.61 Å². The van der Waals surface area contributed by atoms with E-state index in [4.69, 9.17) is 9.84 Å². The van der Waals surface area contributed by atoms with Gasteiger partial charge in [-0.05, 0) is 36.6 Å². The molecule has 0 aromatic heterocycles. The molecule has 2 aliphatic rings. The van der Waals surface area contributed by atoms with E-state index < -0.39 is 11.7 Å². The number of amides is 1. The molecule has 1 aromatic rings. The van der Waals surface area contributed by atoms with Gasteiger partial charge in [0.25, 0.3) is 5.91 Å². The molecule has 1 saturated heterocycles. The van der Waals surface area contributed by atoms with Crippen LogP contribution in [0.25, 0.3) is 0 Å². The van der Waals surface area contributed by atoms with Crippen molar-refractivity contribution in [2.24, 2.45) is 0 Å². The molecule has 1 aromatic carbocycles. The van der Waals surface area contributed by atoms with Gasteiger partial charge in [-0.3, -0.25) is 4.79 Å². The third-order valence-electron chi connectivity index (χ3n) is 4.82. The first-order valence-corrected chi connectivity index (χ1v) is 9.38. The number of carbonyl (C=O) groups is 1. The molecule has 1 heterocycles. The average molecular weight is 408 g/mol. The van der Waals surface area contributed by atoms with Gasteiger partial charge in [0, 0.05) is 24.8 Å². The molecule has 3 rings (SSSR count). The van der Waals surface area contributed by atoms with E-state index in [1.54, 1.807) is 35.2 Å². The molecule has 0 radical (unpaired) electrons. The molecule has 0 bridgehead atoms. The second-order valence-electron chi connectivity index (χ2n) is 6.92. The molecular formula is C21H23F3N2O3. The highest BCUT2D eigenvalue weighted by Gasteiger charge is 2.37. The number of likely N-dealkylation sites (tertiary alicyclic amines) is 1. The van der Waals surface area contributed by atoms with Crippen molar-refractivity contribution in [2.45, 2.75) is 31.7 Å². The number of benzene rings is 1. The van der Waals surface area contributed by atoms with Crippen LogP contribution in [0.15, 0.2) is 59.8 Å². The van der Waals surface area contributed by atoms with Crippen LogP contribution < -0.4 is 10.1 Å². The normalized spacial score (nSPS) is 19.4. The Morgan fingerprint density at radius 2 is 2.03 bits per heavy atom. The van der Waals surface area contributed by atoms with Crippen molar-refractivity contribution in [1.82, 2.24) is 10.2 Å². The third-order valence-corrected chi connectivity index (χ3v) is 4.82. The topological polar surface area (TPSA) is 61.8 Å². The fraction of sp³-hybridized carbons (Fsp3) is 0.381. The number of hydrogen-bond donors (Lipinski definition) is 2. The Kier molecular flexibility index (Phi) is 6.64. The van der Waals surface area contributed by atoms with E-state index in [-0.39, 0.29) is 30.9 Å². The van der Waals surface area contributed by atoms with E-state index in [0.717, 1.165) is 11.6 Å². The summed E-state index contributed by atoms with van der Waals surface area (Å²) in [5, 5.41) is 12.0. The molecule has 29 heavy (non-hydrogen) atoms. The first-order valence-electron chi connectivity index (χ1n) is 9.38. The second-order valence-corrected chi connectivity index (χ2v) is 6.92. The van der Waals surface area contributed by atoms with Crippen LogP contribution in [0, 0.1) is 0 Å². The smallest absolute Gasteiger partial charge is 0.418 e. The van der Waals surface area contributed by atoms with Crippen molar-refractivity contribution in [3.63, 3.8) is 0 Å². The highest BCUT2D eigenvalue weighted by Crippen LogP contribution is 2.32. The van der Waals surface area contributed by atoms with E-state index >= 15 is 0 Å². The molecule has 1 amide bonds. The summed E-state index contributed by atoms with van der Waals surface area (Å²) < 4.78 is 45.3. The molecule has 1 atom stereocenters. The fourth-order valence-electron chi connectivity index (χ4n) is 3.26. The lowest BCUT2D eigenvalue weighted by Gasteiger charge is -2.21. The number of carbonyl (C=O) groups excluding carboxylic acids is 1. The number of allylic oxidation sites excluding steroid dienone is 5. The van der Waals surface area contributed by atoms with Crippen LogP contribution in [0.3, 0.4) is 0 Å². The van der Waals surface area contributed by atoms with Gasteiger partial charge in [-0.1, -0.05) is 30.4 Å². The van der Waals surface area contributed by atoms with Crippen LogP contribution in [-0.4, -0.2) is 47.8 Å². The second kappa shape index (κ2) is 9.17. The predicted octanol–water partition coefficient (Wildman–Crippen LogP) is 3.08. The molecule has 1 aliphatic carbocycles. The van der Waals surface area contributed by atoms with Crippen molar-refractivity contribution in [3.8, 4) is 5.75 Å². The highest BCUT2D eigenvalue weighted by molar-refractivity contribution is 5.78. The standard InChI is InChI=1S/C21H23F3N2O3/c22-21(23,24)18-4-2-1-3-5-19(18)25-16-10-11-26(12-16)20(28)14-29-17-8-6-15(13-27)7-9-17/h1-2,4-9,16,25,27H,3,10-14H2. The molecule has 156 valence electrons. The van der Waals surface area contributed by atoms with Gasteiger partial charge in [0.2, 0.25) is 0 Å². The van der Waals surface area contributed by atoms with Crippen LogP contribution >= 0.6 is 0 Å². The van der Waals surface area contributed by atoms with Gasteiger partial charge in [-0.2, -0.15) is 13.2 Å². The summed E-state index contributed by atoms with van der Waals surface area (Å²) in [6.45, 7) is 0.562. The number of aliphatic hydroxyl groups is 1. The van der Waals surface area contributed by atoms with E-state index in [9.17, 15) is 18.0 Å². The Morgan fingerprint density at radius 3 is 2.72 bits per heavy atom. The lowest BCUT2D eigenvalue weighted by molar-refractivity contribution is -0.132. The average Bonchev–Trinajstić information content (AvgIpc) is 3.03. The van der Waals surface area contributed by atoms with E-state index in [0.29, 0.717) is 31.7 Å². The van der Waals surface area contributed by atoms with Gasteiger partial charge in [0.1, 0.15) is 5.75 Å². The van der Waals surface area contributed by atoms with Gasteiger partial charge < -0.3 is 20.1 Å². The minimum Gasteiger partial charge on any atom is -0.484 e. The maximum Gasteiger partial charge on any atom is 0.418 e. The van der Waals surface area contributed by atoms with Crippen LogP contribution in [0.1, 0.15) is 18.4 Å². The number of aliphatic hydroxyl groups excluding tert-OH is 1. The monoisotopic (exact) mass is 408 g/mol. The third kappa shape index (κ3) is 5.63. The van der Waals surface area contributed by atoms with Crippen molar-refractivity contribution in [1.29, 1.82) is 0 Å². The Hall–Kier alpha value is -2.74. The quantitative estimate of drug-likeness (QED) is 0.760. The Morgan fingerprint density at radius 1 is 1.28 bits per heavy atom. The van der Waals surface area contributed by atoms with Crippen LogP contribution in [0.2, 0.25) is 0 Å². The number of hydrogen-bond acceptors (Lipinski definition) is 4. The van der Waals surface area contributed by atoms with Gasteiger partial charge in [-0.15, -0.1) is 0 Å². The molecule has 0 spiro atoms. The largest absolute Gasteiger partial charge is 0.484 e. The summed E-state index contributed by atoms with van der Waals surface area (Å²) in [5.74, 6) is 0.295. The first-order chi connectivity index (χ1) is 13.9. The molecule has 1 fully saturated rings. The Bertz CT molecular complexity index is 813. The van der Waals surface area contributed by atoms with Crippen molar-refractivity contribution < 1.29 is 27.8 Å². The first kappa shape index (κ1) is 21.0. The molecule has 5 nitrogen and oxygen atoms in total. The number of nitrogens with one attached hydrogen (secondary N) is 1. The number of alkyl halides is 3. The molecule has 2 N–H and O–H groups in total. The summed E-state index contributed by atoms with van der Waals surface area (Å²) in [7, 11) is 0. The van der Waals surface area contributed by atoms with Crippen molar-refractivity contribution in [3.05, 3.63) is 65.4 Å². The molecule has 1 aliphatic heterocycles. The summed E-state index contributed by atoms with van der Waals surface area (Å²) in [5.41, 5.74) is 0.0973. The predicted molar refractivity (Wildman–Crippen MR) is 102 cm³/mol.